The number of guanidine groups is 1. The Balaban J connectivity index is 2.39. The van der Waals surface area contributed by atoms with Gasteiger partial charge in [0.2, 0.25) is 0 Å². The molecule has 0 aromatic heterocycles. The van der Waals surface area contributed by atoms with Gasteiger partial charge in [-0.15, -0.1) is 0 Å². The lowest BCUT2D eigenvalue weighted by molar-refractivity contribution is 0.825. The van der Waals surface area contributed by atoms with Crippen molar-refractivity contribution in [3.63, 3.8) is 0 Å². The van der Waals surface area contributed by atoms with Crippen LogP contribution in [0.5, 0.6) is 0 Å². The monoisotopic (exact) mass is 191 g/mol. The zero-order valence-corrected chi connectivity index (χ0v) is 8.53. The molecule has 0 fully saturated rings. The van der Waals surface area contributed by atoms with E-state index >= 15 is 0 Å². The fraction of sp³-hybridized carbons (Fsp3) is 0.364. The van der Waals surface area contributed by atoms with Crippen LogP contribution in [0.25, 0.3) is 0 Å². The number of benzene rings is 1. The summed E-state index contributed by atoms with van der Waals surface area (Å²) in [6, 6.07) is 10.1. The topological polar surface area (TPSA) is 50.4 Å². The highest BCUT2D eigenvalue weighted by Gasteiger charge is 1.90. The number of hydrogen-bond donors (Lipinski definition) is 2. The lowest BCUT2D eigenvalue weighted by Crippen LogP contribution is -2.32. The van der Waals surface area contributed by atoms with E-state index in [2.05, 4.69) is 17.2 Å². The molecule has 0 radical (unpaired) electrons. The largest absolute Gasteiger partial charge is 0.370 e. The standard InChI is InChI=1S/C11H17N3/c1-2-8-13-11(12)14-9-10-6-4-3-5-7-10/h3-7H,2,8-9H2,1H3,(H3,12,13,14). The minimum atomic E-state index is 0.524. The summed E-state index contributed by atoms with van der Waals surface area (Å²) in [5.74, 6) is 0.524. The van der Waals surface area contributed by atoms with Crippen molar-refractivity contribution in [1.82, 2.24) is 5.32 Å². The molecule has 1 aromatic carbocycles. The Hall–Kier alpha value is -1.51. The lowest BCUT2D eigenvalue weighted by Gasteiger charge is -2.02. The first-order chi connectivity index (χ1) is 6.83. The van der Waals surface area contributed by atoms with Crippen molar-refractivity contribution >= 4 is 5.96 Å². The van der Waals surface area contributed by atoms with Crippen molar-refractivity contribution in [3.8, 4) is 0 Å². The van der Waals surface area contributed by atoms with Gasteiger partial charge in [0, 0.05) is 6.54 Å². The predicted molar refractivity (Wildman–Crippen MR) is 60.1 cm³/mol. The molecule has 0 amide bonds. The molecule has 76 valence electrons. The maximum Gasteiger partial charge on any atom is 0.188 e. The van der Waals surface area contributed by atoms with Crippen LogP contribution in [-0.4, -0.2) is 12.5 Å². The van der Waals surface area contributed by atoms with E-state index in [0.29, 0.717) is 12.5 Å². The fourth-order valence-corrected chi connectivity index (χ4v) is 1.07. The molecule has 0 aliphatic carbocycles. The molecule has 0 aliphatic heterocycles. The van der Waals surface area contributed by atoms with Crippen LogP contribution in [0.15, 0.2) is 35.3 Å². The van der Waals surface area contributed by atoms with E-state index in [4.69, 9.17) is 5.73 Å². The Bertz CT molecular complexity index is 280. The van der Waals surface area contributed by atoms with Gasteiger partial charge in [-0.05, 0) is 12.0 Å². The van der Waals surface area contributed by atoms with Crippen molar-refractivity contribution in [2.75, 3.05) is 6.54 Å². The zero-order valence-electron chi connectivity index (χ0n) is 8.53. The van der Waals surface area contributed by atoms with E-state index in [0.717, 1.165) is 13.0 Å². The summed E-state index contributed by atoms with van der Waals surface area (Å²) < 4.78 is 0. The van der Waals surface area contributed by atoms with Gasteiger partial charge in [0.15, 0.2) is 5.96 Å². The van der Waals surface area contributed by atoms with Gasteiger partial charge >= 0.3 is 0 Å². The number of nitrogens with two attached hydrogens (primary N) is 1. The third-order valence-corrected chi connectivity index (χ3v) is 1.83. The predicted octanol–water partition coefficient (Wildman–Crippen LogP) is 1.50. The Kier molecular flexibility index (Phi) is 4.55. The maximum absolute atomic E-state index is 5.65. The number of hydrogen-bond acceptors (Lipinski definition) is 1. The van der Waals surface area contributed by atoms with Crippen molar-refractivity contribution in [3.05, 3.63) is 35.9 Å². The molecule has 0 aliphatic rings. The highest BCUT2D eigenvalue weighted by atomic mass is 15.1. The van der Waals surface area contributed by atoms with Crippen LogP contribution in [-0.2, 0) is 6.54 Å². The summed E-state index contributed by atoms with van der Waals surface area (Å²) in [5.41, 5.74) is 6.82. The van der Waals surface area contributed by atoms with Crippen LogP contribution in [0.3, 0.4) is 0 Å². The van der Waals surface area contributed by atoms with Crippen LogP contribution < -0.4 is 11.1 Å². The average molecular weight is 191 g/mol. The summed E-state index contributed by atoms with van der Waals surface area (Å²) >= 11 is 0. The van der Waals surface area contributed by atoms with Crippen LogP contribution in [0.4, 0.5) is 0 Å². The molecule has 3 heteroatoms. The molecule has 3 nitrogen and oxygen atoms in total. The summed E-state index contributed by atoms with van der Waals surface area (Å²) in [6.07, 6.45) is 1.06. The van der Waals surface area contributed by atoms with Crippen molar-refractivity contribution in [2.45, 2.75) is 19.9 Å². The number of nitrogens with one attached hydrogen (secondary N) is 1. The van der Waals surface area contributed by atoms with Crippen molar-refractivity contribution < 1.29 is 0 Å². The average Bonchev–Trinajstić information content (AvgIpc) is 2.25. The SMILES string of the molecule is CCCNC(N)=NCc1ccccc1. The fourth-order valence-electron chi connectivity index (χ4n) is 1.07. The highest BCUT2D eigenvalue weighted by Crippen LogP contribution is 1.99. The number of nitrogens with zero attached hydrogens (tertiary/aromatic N) is 1. The van der Waals surface area contributed by atoms with Crippen molar-refractivity contribution in [2.24, 2.45) is 10.7 Å². The number of rotatable bonds is 4. The first kappa shape index (κ1) is 10.6. The van der Waals surface area contributed by atoms with E-state index in [1.54, 1.807) is 0 Å². The van der Waals surface area contributed by atoms with E-state index in [1.165, 1.54) is 5.56 Å². The van der Waals surface area contributed by atoms with Crippen LogP contribution in [0.1, 0.15) is 18.9 Å². The molecule has 1 aromatic rings. The van der Waals surface area contributed by atoms with E-state index in [9.17, 15) is 0 Å². The van der Waals surface area contributed by atoms with Crippen LogP contribution in [0, 0.1) is 0 Å². The molecule has 0 heterocycles. The van der Waals surface area contributed by atoms with Gasteiger partial charge < -0.3 is 11.1 Å². The quantitative estimate of drug-likeness (QED) is 0.559. The first-order valence-electron chi connectivity index (χ1n) is 4.90. The second-order valence-corrected chi connectivity index (χ2v) is 3.11. The van der Waals surface area contributed by atoms with Gasteiger partial charge in [0.05, 0.1) is 6.54 Å². The van der Waals surface area contributed by atoms with Gasteiger partial charge in [-0.3, -0.25) is 0 Å². The minimum absolute atomic E-state index is 0.524. The summed E-state index contributed by atoms with van der Waals surface area (Å²) in [6.45, 7) is 3.62. The minimum Gasteiger partial charge on any atom is -0.370 e. The summed E-state index contributed by atoms with van der Waals surface area (Å²) in [7, 11) is 0. The lowest BCUT2D eigenvalue weighted by atomic mass is 10.2. The summed E-state index contributed by atoms with van der Waals surface area (Å²) in [4.78, 5) is 4.22. The molecule has 14 heavy (non-hydrogen) atoms. The third kappa shape index (κ3) is 3.94. The molecule has 3 N–H and O–H groups in total. The molecular weight excluding hydrogens is 174 g/mol. The van der Waals surface area contributed by atoms with Crippen LogP contribution in [0.2, 0.25) is 0 Å². The highest BCUT2D eigenvalue weighted by molar-refractivity contribution is 5.77. The van der Waals surface area contributed by atoms with Gasteiger partial charge in [0.1, 0.15) is 0 Å². The van der Waals surface area contributed by atoms with Crippen LogP contribution >= 0.6 is 0 Å². The Morgan fingerprint density at radius 3 is 2.71 bits per heavy atom. The second kappa shape index (κ2) is 6.02. The maximum atomic E-state index is 5.65. The Morgan fingerprint density at radius 1 is 1.36 bits per heavy atom. The molecule has 0 saturated heterocycles. The molecule has 0 bridgehead atoms. The van der Waals surface area contributed by atoms with Gasteiger partial charge in [0.25, 0.3) is 0 Å². The summed E-state index contributed by atoms with van der Waals surface area (Å²) in [5, 5.41) is 3.03. The molecule has 0 unspecified atom stereocenters. The molecule has 1 rings (SSSR count). The van der Waals surface area contributed by atoms with Gasteiger partial charge in [-0.25, -0.2) is 4.99 Å². The molecule has 0 spiro atoms. The molecule has 0 saturated carbocycles. The van der Waals surface area contributed by atoms with Crippen molar-refractivity contribution in [1.29, 1.82) is 0 Å². The normalized spacial score (nSPS) is 11.4. The first-order valence-corrected chi connectivity index (χ1v) is 4.90. The molecular formula is C11H17N3. The Labute approximate surface area is 85.0 Å². The second-order valence-electron chi connectivity index (χ2n) is 3.11. The number of aliphatic imine (C=N–C) groups is 1. The van der Waals surface area contributed by atoms with E-state index in [-0.39, 0.29) is 0 Å². The van der Waals surface area contributed by atoms with E-state index < -0.39 is 0 Å². The van der Waals surface area contributed by atoms with Gasteiger partial charge in [-0.2, -0.15) is 0 Å². The van der Waals surface area contributed by atoms with Gasteiger partial charge in [-0.1, -0.05) is 37.3 Å². The Morgan fingerprint density at radius 2 is 2.07 bits per heavy atom. The van der Waals surface area contributed by atoms with E-state index in [1.807, 2.05) is 30.3 Å². The third-order valence-electron chi connectivity index (χ3n) is 1.83. The zero-order chi connectivity index (χ0) is 10.2. The molecule has 0 atom stereocenters. The smallest absolute Gasteiger partial charge is 0.188 e.